The summed E-state index contributed by atoms with van der Waals surface area (Å²) < 4.78 is 10.5. The molecular weight excluding hydrogens is 194 g/mol. The zero-order valence-electron chi connectivity index (χ0n) is 9.44. The molecule has 2 fully saturated rings. The lowest BCUT2D eigenvalue weighted by Gasteiger charge is -2.24. The number of carbonyl (C=O) groups excluding carboxylic acids is 1. The van der Waals surface area contributed by atoms with Crippen LogP contribution in [-0.4, -0.2) is 42.9 Å². The zero-order chi connectivity index (χ0) is 10.8. The molecule has 2 aliphatic rings. The number of ether oxygens (including phenoxy) is 2. The Kier molecular flexibility index (Phi) is 3.14. The molecule has 0 spiro atoms. The van der Waals surface area contributed by atoms with Gasteiger partial charge in [0.05, 0.1) is 13.2 Å². The standard InChI is InChI=1S/C11H19NO3/c1-8-3-5-12(9(8)2)11(13)15-10-4-6-14-7-10/h8-10H,3-7H2,1-2H3. The Hall–Kier alpha value is -0.770. The summed E-state index contributed by atoms with van der Waals surface area (Å²) in [5.41, 5.74) is 0. The van der Waals surface area contributed by atoms with Crippen LogP contribution in [0.25, 0.3) is 0 Å². The van der Waals surface area contributed by atoms with Crippen LogP contribution in [0.2, 0.25) is 0 Å². The minimum absolute atomic E-state index is 0.0272. The number of rotatable bonds is 1. The Morgan fingerprint density at radius 1 is 1.40 bits per heavy atom. The van der Waals surface area contributed by atoms with Gasteiger partial charge in [0.2, 0.25) is 0 Å². The van der Waals surface area contributed by atoms with E-state index in [1.165, 1.54) is 0 Å². The Labute approximate surface area is 90.5 Å². The third kappa shape index (κ3) is 2.25. The lowest BCUT2D eigenvalue weighted by Crippen LogP contribution is -2.38. The Bertz CT molecular complexity index is 238. The molecule has 0 aliphatic carbocycles. The van der Waals surface area contributed by atoms with E-state index in [0.29, 0.717) is 25.2 Å². The molecule has 86 valence electrons. The minimum Gasteiger partial charge on any atom is -0.444 e. The van der Waals surface area contributed by atoms with Crippen molar-refractivity contribution in [3.05, 3.63) is 0 Å². The van der Waals surface area contributed by atoms with Crippen LogP contribution in [-0.2, 0) is 9.47 Å². The van der Waals surface area contributed by atoms with Crippen molar-refractivity contribution in [1.82, 2.24) is 4.90 Å². The number of amides is 1. The van der Waals surface area contributed by atoms with Gasteiger partial charge in [0.25, 0.3) is 0 Å². The number of nitrogens with zero attached hydrogens (tertiary/aromatic N) is 1. The first-order valence-electron chi connectivity index (χ1n) is 5.73. The van der Waals surface area contributed by atoms with Crippen LogP contribution in [0.5, 0.6) is 0 Å². The van der Waals surface area contributed by atoms with Crippen LogP contribution >= 0.6 is 0 Å². The fraction of sp³-hybridized carbons (Fsp3) is 0.909. The van der Waals surface area contributed by atoms with Crippen molar-refractivity contribution in [2.24, 2.45) is 5.92 Å². The van der Waals surface area contributed by atoms with Crippen molar-refractivity contribution < 1.29 is 14.3 Å². The third-order valence-corrected chi connectivity index (χ3v) is 3.53. The van der Waals surface area contributed by atoms with Crippen molar-refractivity contribution in [2.75, 3.05) is 19.8 Å². The average Bonchev–Trinajstić information content (AvgIpc) is 2.79. The molecule has 0 saturated carbocycles. The molecule has 4 heteroatoms. The molecular formula is C11H19NO3. The summed E-state index contributed by atoms with van der Waals surface area (Å²) >= 11 is 0. The topological polar surface area (TPSA) is 38.8 Å². The largest absolute Gasteiger partial charge is 0.444 e. The maximum atomic E-state index is 11.8. The van der Waals surface area contributed by atoms with Crippen molar-refractivity contribution >= 4 is 6.09 Å². The predicted molar refractivity (Wildman–Crippen MR) is 55.7 cm³/mol. The van der Waals surface area contributed by atoms with Gasteiger partial charge >= 0.3 is 6.09 Å². The first-order chi connectivity index (χ1) is 7.18. The highest BCUT2D eigenvalue weighted by Crippen LogP contribution is 2.24. The second-order valence-corrected chi connectivity index (χ2v) is 4.57. The van der Waals surface area contributed by atoms with E-state index in [1.807, 2.05) is 4.90 Å². The third-order valence-electron chi connectivity index (χ3n) is 3.53. The molecule has 0 bridgehead atoms. The van der Waals surface area contributed by atoms with Gasteiger partial charge in [-0.1, -0.05) is 6.92 Å². The summed E-state index contributed by atoms with van der Waals surface area (Å²) in [6, 6.07) is 0.305. The molecule has 3 unspecified atom stereocenters. The molecule has 4 nitrogen and oxygen atoms in total. The van der Waals surface area contributed by atoms with E-state index >= 15 is 0 Å². The van der Waals surface area contributed by atoms with E-state index in [1.54, 1.807) is 0 Å². The van der Waals surface area contributed by atoms with Gasteiger partial charge in [0, 0.05) is 19.0 Å². The van der Waals surface area contributed by atoms with Crippen molar-refractivity contribution in [3.63, 3.8) is 0 Å². The van der Waals surface area contributed by atoms with E-state index in [9.17, 15) is 4.79 Å². The lowest BCUT2D eigenvalue weighted by molar-refractivity contribution is 0.0517. The van der Waals surface area contributed by atoms with Gasteiger partial charge in [-0.25, -0.2) is 4.79 Å². The summed E-state index contributed by atoms with van der Waals surface area (Å²) in [7, 11) is 0. The number of carbonyl (C=O) groups is 1. The molecule has 2 aliphatic heterocycles. The molecule has 2 saturated heterocycles. The summed E-state index contributed by atoms with van der Waals surface area (Å²) in [5.74, 6) is 0.581. The molecule has 15 heavy (non-hydrogen) atoms. The first kappa shape index (κ1) is 10.7. The monoisotopic (exact) mass is 213 g/mol. The van der Waals surface area contributed by atoms with Gasteiger partial charge in [-0.05, 0) is 19.3 Å². The smallest absolute Gasteiger partial charge is 0.410 e. The van der Waals surface area contributed by atoms with Gasteiger partial charge in [0.15, 0.2) is 0 Å². The number of likely N-dealkylation sites (tertiary alicyclic amines) is 1. The predicted octanol–water partition coefficient (Wildman–Crippen LogP) is 1.64. The molecule has 1 amide bonds. The maximum Gasteiger partial charge on any atom is 0.410 e. The quantitative estimate of drug-likeness (QED) is 0.664. The van der Waals surface area contributed by atoms with Crippen LogP contribution in [0.15, 0.2) is 0 Å². The maximum absolute atomic E-state index is 11.8. The minimum atomic E-state index is -0.164. The van der Waals surface area contributed by atoms with Gasteiger partial charge in [-0.2, -0.15) is 0 Å². The highest BCUT2D eigenvalue weighted by Gasteiger charge is 2.33. The fourth-order valence-electron chi connectivity index (χ4n) is 2.17. The van der Waals surface area contributed by atoms with E-state index in [0.717, 1.165) is 19.4 Å². The van der Waals surface area contributed by atoms with E-state index in [4.69, 9.17) is 9.47 Å². The molecule has 0 radical (unpaired) electrons. The summed E-state index contributed by atoms with van der Waals surface area (Å²) in [6.07, 6.45) is 1.73. The second-order valence-electron chi connectivity index (χ2n) is 4.57. The van der Waals surface area contributed by atoms with Crippen LogP contribution in [0.4, 0.5) is 4.79 Å². The second kappa shape index (κ2) is 4.39. The average molecular weight is 213 g/mol. The Balaban J connectivity index is 1.85. The molecule has 3 atom stereocenters. The molecule has 0 N–H and O–H groups in total. The van der Waals surface area contributed by atoms with Crippen LogP contribution < -0.4 is 0 Å². The van der Waals surface area contributed by atoms with Crippen LogP contribution in [0.1, 0.15) is 26.7 Å². The molecule has 2 rings (SSSR count). The van der Waals surface area contributed by atoms with E-state index in [2.05, 4.69) is 13.8 Å². The molecule has 0 aromatic rings. The van der Waals surface area contributed by atoms with Crippen molar-refractivity contribution in [1.29, 1.82) is 0 Å². The highest BCUT2D eigenvalue weighted by atomic mass is 16.6. The molecule has 0 aromatic heterocycles. The highest BCUT2D eigenvalue weighted by molar-refractivity contribution is 5.68. The van der Waals surface area contributed by atoms with Crippen molar-refractivity contribution in [2.45, 2.75) is 38.8 Å². The number of hydrogen-bond acceptors (Lipinski definition) is 3. The van der Waals surface area contributed by atoms with Gasteiger partial charge in [-0.3, -0.25) is 0 Å². The zero-order valence-corrected chi connectivity index (χ0v) is 9.44. The Morgan fingerprint density at radius 3 is 2.73 bits per heavy atom. The molecule has 0 aromatic carbocycles. The summed E-state index contributed by atoms with van der Waals surface area (Å²) in [5, 5.41) is 0. The van der Waals surface area contributed by atoms with Gasteiger partial charge in [0.1, 0.15) is 6.10 Å². The van der Waals surface area contributed by atoms with Gasteiger partial charge < -0.3 is 14.4 Å². The number of hydrogen-bond donors (Lipinski definition) is 0. The van der Waals surface area contributed by atoms with Crippen LogP contribution in [0.3, 0.4) is 0 Å². The van der Waals surface area contributed by atoms with Crippen LogP contribution in [0, 0.1) is 5.92 Å². The van der Waals surface area contributed by atoms with Gasteiger partial charge in [-0.15, -0.1) is 0 Å². The normalized spacial score (nSPS) is 35.9. The lowest BCUT2D eigenvalue weighted by atomic mass is 10.1. The van der Waals surface area contributed by atoms with E-state index < -0.39 is 0 Å². The fourth-order valence-corrected chi connectivity index (χ4v) is 2.17. The van der Waals surface area contributed by atoms with E-state index in [-0.39, 0.29) is 12.2 Å². The Morgan fingerprint density at radius 2 is 2.20 bits per heavy atom. The first-order valence-corrected chi connectivity index (χ1v) is 5.73. The molecule has 2 heterocycles. The summed E-state index contributed by atoms with van der Waals surface area (Å²) in [4.78, 5) is 13.6. The SMILES string of the molecule is CC1CCN(C(=O)OC2CCOC2)C1C. The summed E-state index contributed by atoms with van der Waals surface area (Å²) in [6.45, 7) is 6.36. The van der Waals surface area contributed by atoms with Crippen molar-refractivity contribution in [3.8, 4) is 0 Å².